The van der Waals surface area contributed by atoms with Crippen LogP contribution >= 0.6 is 0 Å². The highest BCUT2D eigenvalue weighted by Crippen LogP contribution is 2.29. The van der Waals surface area contributed by atoms with Gasteiger partial charge in [0.2, 0.25) is 0 Å². The van der Waals surface area contributed by atoms with E-state index in [9.17, 15) is 28.4 Å². The first-order valence-corrected chi connectivity index (χ1v) is 11.3. The number of hydrazone groups is 1. The van der Waals surface area contributed by atoms with Crippen LogP contribution in [0, 0.1) is 10.1 Å². The molecule has 0 heterocycles. The van der Waals surface area contributed by atoms with E-state index in [1.165, 1.54) is 36.5 Å². The van der Waals surface area contributed by atoms with Gasteiger partial charge in [-0.15, -0.1) is 0 Å². The number of sulfonamides is 1. The van der Waals surface area contributed by atoms with Gasteiger partial charge in [0.15, 0.2) is 0 Å². The smallest absolute Gasteiger partial charge is 0.337 e. The summed E-state index contributed by atoms with van der Waals surface area (Å²) < 4.78 is 28.4. The molecule has 0 spiro atoms. The Morgan fingerprint density at radius 3 is 2.35 bits per heavy atom. The van der Waals surface area contributed by atoms with E-state index in [4.69, 9.17) is 0 Å². The monoisotopic (exact) mass is 483 g/mol. The molecule has 0 aliphatic rings. The number of anilines is 3. The zero-order valence-electron chi connectivity index (χ0n) is 18.2. The molecule has 0 saturated carbocycles. The van der Waals surface area contributed by atoms with Crippen LogP contribution in [-0.4, -0.2) is 44.7 Å². The Morgan fingerprint density at radius 1 is 1.06 bits per heavy atom. The third kappa shape index (κ3) is 5.66. The van der Waals surface area contributed by atoms with Crippen LogP contribution in [0.25, 0.3) is 0 Å². The number of carboxylic acids is 1. The van der Waals surface area contributed by atoms with E-state index >= 15 is 0 Å². The van der Waals surface area contributed by atoms with Gasteiger partial charge in [0.25, 0.3) is 15.7 Å². The number of nitrogens with zero attached hydrogens (tertiary/aromatic N) is 3. The lowest BCUT2D eigenvalue weighted by Crippen LogP contribution is -2.17. The lowest BCUT2D eigenvalue weighted by atomic mass is 10.2. The Labute approximate surface area is 195 Å². The van der Waals surface area contributed by atoms with Crippen molar-refractivity contribution < 1.29 is 23.2 Å². The first kappa shape index (κ1) is 24.2. The van der Waals surface area contributed by atoms with Crippen molar-refractivity contribution in [2.75, 3.05) is 29.1 Å². The maximum atomic E-state index is 13.1. The molecule has 3 rings (SSSR count). The number of nitro groups is 1. The summed E-state index contributed by atoms with van der Waals surface area (Å²) in [6, 6.07) is 16.0. The van der Waals surface area contributed by atoms with E-state index in [0.717, 1.165) is 23.4 Å². The van der Waals surface area contributed by atoms with Crippen molar-refractivity contribution in [1.82, 2.24) is 0 Å². The third-order valence-electron chi connectivity index (χ3n) is 4.68. The number of benzene rings is 3. The standard InChI is InChI=1S/C22H21N5O6S/c1-26(2)16-9-7-15(8-10-16)14-23-24-20-12-11-17(27(30)31)13-21(20)34(32,33)25-19-6-4-3-5-18(19)22(28)29/h3-14,24-25H,1-2H3,(H,28,29)/b23-14+. The molecule has 34 heavy (non-hydrogen) atoms. The van der Waals surface area contributed by atoms with Crippen molar-refractivity contribution in [3.8, 4) is 0 Å². The van der Waals surface area contributed by atoms with Crippen LogP contribution in [0.15, 0.2) is 76.7 Å². The highest BCUT2D eigenvalue weighted by molar-refractivity contribution is 7.93. The highest BCUT2D eigenvalue weighted by atomic mass is 32.2. The van der Waals surface area contributed by atoms with E-state index in [1.807, 2.05) is 43.3 Å². The summed E-state index contributed by atoms with van der Waals surface area (Å²) in [6.45, 7) is 0. The molecule has 0 amide bonds. The summed E-state index contributed by atoms with van der Waals surface area (Å²) in [6.07, 6.45) is 1.46. The van der Waals surface area contributed by atoms with Gasteiger partial charge in [0, 0.05) is 31.9 Å². The van der Waals surface area contributed by atoms with Crippen molar-refractivity contribution in [1.29, 1.82) is 0 Å². The number of nitrogens with one attached hydrogen (secondary N) is 2. The minimum absolute atomic E-state index is 0.0351. The van der Waals surface area contributed by atoms with Gasteiger partial charge in [-0.25, -0.2) is 13.2 Å². The van der Waals surface area contributed by atoms with Gasteiger partial charge in [-0.3, -0.25) is 20.3 Å². The van der Waals surface area contributed by atoms with Crippen LogP contribution in [0.2, 0.25) is 0 Å². The predicted octanol–water partition coefficient (Wildman–Crippen LogP) is 3.61. The second-order valence-electron chi connectivity index (χ2n) is 7.25. The summed E-state index contributed by atoms with van der Waals surface area (Å²) in [4.78, 5) is 23.4. The van der Waals surface area contributed by atoms with Crippen LogP contribution in [0.5, 0.6) is 0 Å². The predicted molar refractivity (Wildman–Crippen MR) is 129 cm³/mol. The molecule has 0 fully saturated rings. The van der Waals surface area contributed by atoms with Crippen molar-refractivity contribution in [2.24, 2.45) is 5.10 Å². The molecule has 3 aromatic carbocycles. The Kier molecular flexibility index (Phi) is 7.12. The minimum Gasteiger partial charge on any atom is -0.478 e. The lowest BCUT2D eigenvalue weighted by Gasteiger charge is -2.13. The molecule has 11 nitrogen and oxygen atoms in total. The molecule has 3 N–H and O–H groups in total. The van der Waals surface area contributed by atoms with Crippen LogP contribution in [0.3, 0.4) is 0 Å². The molecule has 12 heteroatoms. The van der Waals surface area contributed by atoms with Gasteiger partial charge in [-0.2, -0.15) is 5.10 Å². The molecule has 3 aromatic rings. The van der Waals surface area contributed by atoms with Crippen LogP contribution < -0.4 is 15.0 Å². The molecule has 0 bridgehead atoms. The number of carboxylic acid groups (broad SMARTS) is 1. The first-order valence-electron chi connectivity index (χ1n) is 9.78. The van der Waals surface area contributed by atoms with Crippen LogP contribution in [-0.2, 0) is 10.0 Å². The molecule has 0 aromatic heterocycles. The minimum atomic E-state index is -4.43. The number of non-ortho nitro benzene ring substituents is 1. The van der Waals surface area contributed by atoms with Gasteiger partial charge in [0.05, 0.1) is 28.1 Å². The fourth-order valence-electron chi connectivity index (χ4n) is 2.93. The fourth-order valence-corrected chi connectivity index (χ4v) is 4.19. The number of hydrogen-bond donors (Lipinski definition) is 3. The van der Waals surface area contributed by atoms with Gasteiger partial charge in [-0.1, -0.05) is 24.3 Å². The van der Waals surface area contributed by atoms with Crippen molar-refractivity contribution in [3.63, 3.8) is 0 Å². The van der Waals surface area contributed by atoms with E-state index in [1.54, 1.807) is 0 Å². The molecule has 0 atom stereocenters. The number of carbonyl (C=O) groups is 1. The Hall–Kier alpha value is -4.45. The number of aromatic carboxylic acids is 1. The lowest BCUT2D eigenvalue weighted by molar-refractivity contribution is -0.385. The molecule has 0 radical (unpaired) electrons. The molecule has 0 saturated heterocycles. The van der Waals surface area contributed by atoms with Gasteiger partial charge in [-0.05, 0) is 35.9 Å². The number of rotatable bonds is 9. The summed E-state index contributed by atoms with van der Waals surface area (Å²) in [7, 11) is -0.612. The number of para-hydroxylation sites is 1. The van der Waals surface area contributed by atoms with Crippen molar-refractivity contribution >= 4 is 45.0 Å². The Bertz CT molecular complexity index is 1350. The largest absolute Gasteiger partial charge is 0.478 e. The zero-order valence-corrected chi connectivity index (χ0v) is 19.0. The topological polar surface area (TPSA) is 154 Å². The maximum Gasteiger partial charge on any atom is 0.337 e. The molecule has 0 aliphatic carbocycles. The SMILES string of the molecule is CN(C)c1ccc(/C=N/Nc2ccc([N+](=O)[O-])cc2S(=O)(=O)Nc2ccccc2C(=O)O)cc1. The summed E-state index contributed by atoms with van der Waals surface area (Å²) >= 11 is 0. The van der Waals surface area contributed by atoms with E-state index in [-0.39, 0.29) is 16.9 Å². The van der Waals surface area contributed by atoms with Crippen LogP contribution in [0.1, 0.15) is 15.9 Å². The summed E-state index contributed by atoms with van der Waals surface area (Å²) in [5.74, 6) is -1.33. The number of hydrogen-bond acceptors (Lipinski definition) is 8. The van der Waals surface area contributed by atoms with Crippen LogP contribution in [0.4, 0.5) is 22.7 Å². The molecular formula is C22H21N5O6S. The second-order valence-corrected chi connectivity index (χ2v) is 8.90. The zero-order chi connectivity index (χ0) is 24.9. The summed E-state index contributed by atoms with van der Waals surface area (Å²) in [5, 5.41) is 24.6. The average Bonchev–Trinajstić information content (AvgIpc) is 2.79. The average molecular weight is 484 g/mol. The first-order chi connectivity index (χ1) is 16.1. The molecular weight excluding hydrogens is 462 g/mol. The van der Waals surface area contributed by atoms with Crippen molar-refractivity contribution in [2.45, 2.75) is 4.90 Å². The van der Waals surface area contributed by atoms with Gasteiger partial charge < -0.3 is 10.0 Å². The van der Waals surface area contributed by atoms with E-state index in [2.05, 4.69) is 15.2 Å². The molecule has 0 unspecified atom stereocenters. The Balaban J connectivity index is 1.94. The van der Waals surface area contributed by atoms with Gasteiger partial charge in [0.1, 0.15) is 4.90 Å². The Morgan fingerprint density at radius 2 is 1.74 bits per heavy atom. The number of nitro benzene ring substituents is 1. The third-order valence-corrected chi connectivity index (χ3v) is 6.08. The highest BCUT2D eigenvalue weighted by Gasteiger charge is 2.24. The maximum absolute atomic E-state index is 13.1. The quantitative estimate of drug-likeness (QED) is 0.237. The van der Waals surface area contributed by atoms with E-state index < -0.39 is 31.5 Å². The van der Waals surface area contributed by atoms with E-state index in [0.29, 0.717) is 0 Å². The second kappa shape index (κ2) is 10.0. The summed E-state index contributed by atoms with van der Waals surface area (Å²) in [5.41, 5.74) is 3.37. The van der Waals surface area contributed by atoms with Crippen molar-refractivity contribution in [3.05, 3.63) is 88.0 Å². The fraction of sp³-hybridized carbons (Fsp3) is 0.0909. The molecule has 0 aliphatic heterocycles. The van der Waals surface area contributed by atoms with Gasteiger partial charge >= 0.3 is 5.97 Å². The normalized spacial score (nSPS) is 11.2. The molecule has 176 valence electrons.